The normalized spacial score (nSPS) is 12.1. The zero-order chi connectivity index (χ0) is 13.1. The van der Waals surface area contributed by atoms with Gasteiger partial charge in [0.15, 0.2) is 5.82 Å². The summed E-state index contributed by atoms with van der Waals surface area (Å²) in [6.07, 6.45) is 3.07. The van der Waals surface area contributed by atoms with Gasteiger partial charge in [-0.3, -0.25) is 4.21 Å². The van der Waals surface area contributed by atoms with E-state index in [-0.39, 0.29) is 5.28 Å². The van der Waals surface area contributed by atoms with E-state index in [9.17, 15) is 4.21 Å². The average molecular weight is 283 g/mol. The van der Waals surface area contributed by atoms with Gasteiger partial charge in [0.2, 0.25) is 5.28 Å². The maximum atomic E-state index is 11.2. The van der Waals surface area contributed by atoms with Gasteiger partial charge in [-0.2, -0.15) is 4.98 Å². The number of rotatable bonds is 3. The van der Waals surface area contributed by atoms with Crippen LogP contribution in [0.1, 0.15) is 0 Å². The van der Waals surface area contributed by atoms with Gasteiger partial charge in [0.25, 0.3) is 0 Å². The number of nitrogen functional groups attached to an aromatic ring is 1. The van der Waals surface area contributed by atoms with E-state index in [0.717, 1.165) is 10.6 Å². The molecule has 18 heavy (non-hydrogen) atoms. The van der Waals surface area contributed by atoms with Crippen molar-refractivity contribution in [2.24, 2.45) is 0 Å². The van der Waals surface area contributed by atoms with Crippen LogP contribution >= 0.6 is 11.6 Å². The first kappa shape index (κ1) is 12.8. The summed E-state index contributed by atoms with van der Waals surface area (Å²) in [6, 6.07) is 7.15. The quantitative estimate of drug-likeness (QED) is 0.844. The lowest BCUT2D eigenvalue weighted by molar-refractivity contribution is 0.687. The molecule has 0 saturated carbocycles. The predicted octanol–water partition coefficient (Wildman–Crippen LogP) is 2.19. The highest BCUT2D eigenvalue weighted by Crippen LogP contribution is 2.21. The molecule has 1 unspecified atom stereocenters. The van der Waals surface area contributed by atoms with E-state index in [1.54, 1.807) is 30.5 Å². The number of nitrogens with two attached hydrogens (primary N) is 1. The third-order valence-corrected chi connectivity index (χ3v) is 3.35. The first-order chi connectivity index (χ1) is 8.56. The van der Waals surface area contributed by atoms with Gasteiger partial charge in [-0.25, -0.2) is 4.98 Å². The van der Waals surface area contributed by atoms with Crippen molar-refractivity contribution in [1.29, 1.82) is 0 Å². The summed E-state index contributed by atoms with van der Waals surface area (Å²) in [5.41, 5.74) is 6.91. The molecule has 1 atom stereocenters. The molecule has 0 fully saturated rings. The van der Waals surface area contributed by atoms with Crippen LogP contribution in [0.4, 0.5) is 17.2 Å². The van der Waals surface area contributed by atoms with Crippen LogP contribution in [0.15, 0.2) is 35.4 Å². The van der Waals surface area contributed by atoms with Gasteiger partial charge in [0.05, 0.1) is 11.9 Å². The fourth-order valence-corrected chi connectivity index (χ4v) is 1.99. The summed E-state index contributed by atoms with van der Waals surface area (Å²) in [6.45, 7) is 0. The molecule has 7 heteroatoms. The van der Waals surface area contributed by atoms with Crippen molar-refractivity contribution in [3.05, 3.63) is 35.7 Å². The van der Waals surface area contributed by atoms with Gasteiger partial charge in [-0.1, -0.05) is 0 Å². The number of nitrogens with one attached hydrogen (secondary N) is 1. The van der Waals surface area contributed by atoms with Crippen LogP contribution < -0.4 is 11.1 Å². The van der Waals surface area contributed by atoms with Crippen molar-refractivity contribution < 1.29 is 4.21 Å². The van der Waals surface area contributed by atoms with Crippen molar-refractivity contribution >= 4 is 39.6 Å². The Morgan fingerprint density at radius 2 is 2.00 bits per heavy atom. The molecular formula is C11H11ClN4OS. The monoisotopic (exact) mass is 282 g/mol. The van der Waals surface area contributed by atoms with Gasteiger partial charge in [-0.15, -0.1) is 0 Å². The standard InChI is InChI=1S/C11H11ClN4OS/c1-18(17)8-4-2-7(3-5-8)15-10-9(13)6-14-11(12)16-10/h2-6H,13H2,1H3,(H,14,15,16). The first-order valence-electron chi connectivity index (χ1n) is 5.05. The Kier molecular flexibility index (Phi) is 3.78. The number of benzene rings is 1. The second-order valence-corrected chi connectivity index (χ2v) is 5.26. The van der Waals surface area contributed by atoms with Gasteiger partial charge >= 0.3 is 0 Å². The molecule has 2 rings (SSSR count). The number of nitrogens with zero attached hydrogens (tertiary/aromatic N) is 2. The molecule has 3 N–H and O–H groups in total. The molecule has 5 nitrogen and oxygen atoms in total. The van der Waals surface area contributed by atoms with Crippen molar-refractivity contribution in [3.63, 3.8) is 0 Å². The van der Waals surface area contributed by atoms with E-state index in [2.05, 4.69) is 15.3 Å². The Bertz CT molecular complexity index is 588. The first-order valence-corrected chi connectivity index (χ1v) is 6.98. The number of halogens is 1. The van der Waals surface area contributed by atoms with Crippen LogP contribution in [0.3, 0.4) is 0 Å². The van der Waals surface area contributed by atoms with Crippen molar-refractivity contribution in [1.82, 2.24) is 9.97 Å². The second kappa shape index (κ2) is 5.32. The van der Waals surface area contributed by atoms with Crippen LogP contribution in [0.5, 0.6) is 0 Å². The van der Waals surface area contributed by atoms with Crippen molar-refractivity contribution in [2.75, 3.05) is 17.3 Å². The largest absolute Gasteiger partial charge is 0.394 e. The topological polar surface area (TPSA) is 80.9 Å². The third kappa shape index (κ3) is 2.96. The number of aromatic nitrogens is 2. The lowest BCUT2D eigenvalue weighted by Gasteiger charge is -2.08. The van der Waals surface area contributed by atoms with Crippen molar-refractivity contribution in [3.8, 4) is 0 Å². The molecular weight excluding hydrogens is 272 g/mol. The molecule has 0 spiro atoms. The fraction of sp³-hybridized carbons (Fsp3) is 0.0909. The SMILES string of the molecule is CS(=O)c1ccc(Nc2nc(Cl)ncc2N)cc1. The second-order valence-electron chi connectivity index (χ2n) is 3.55. The minimum absolute atomic E-state index is 0.123. The minimum Gasteiger partial charge on any atom is -0.394 e. The Balaban J connectivity index is 2.23. The number of anilines is 3. The highest BCUT2D eigenvalue weighted by molar-refractivity contribution is 7.84. The summed E-state index contributed by atoms with van der Waals surface area (Å²) >= 11 is 5.69. The average Bonchev–Trinajstić information content (AvgIpc) is 2.34. The Morgan fingerprint density at radius 1 is 1.33 bits per heavy atom. The molecule has 2 aromatic rings. The zero-order valence-electron chi connectivity index (χ0n) is 9.55. The number of hydrogen-bond acceptors (Lipinski definition) is 5. The van der Waals surface area contributed by atoms with E-state index in [1.807, 2.05) is 0 Å². The molecule has 0 aliphatic heterocycles. The summed E-state index contributed by atoms with van der Waals surface area (Å²) in [5, 5.41) is 3.14. The van der Waals surface area contributed by atoms with Crippen LogP contribution in [-0.4, -0.2) is 20.4 Å². The van der Waals surface area contributed by atoms with Gasteiger partial charge in [0, 0.05) is 27.6 Å². The zero-order valence-corrected chi connectivity index (χ0v) is 11.1. The van der Waals surface area contributed by atoms with Crippen LogP contribution in [0.2, 0.25) is 5.28 Å². The molecule has 94 valence electrons. The Morgan fingerprint density at radius 3 is 2.61 bits per heavy atom. The van der Waals surface area contributed by atoms with Crippen LogP contribution in [-0.2, 0) is 10.8 Å². The predicted molar refractivity (Wildman–Crippen MR) is 73.5 cm³/mol. The molecule has 0 bridgehead atoms. The number of hydrogen-bond donors (Lipinski definition) is 2. The van der Waals surface area contributed by atoms with E-state index in [0.29, 0.717) is 11.5 Å². The highest BCUT2D eigenvalue weighted by Gasteiger charge is 2.04. The summed E-state index contributed by atoms with van der Waals surface area (Å²) < 4.78 is 11.2. The molecule has 0 saturated heterocycles. The van der Waals surface area contributed by atoms with Crippen molar-refractivity contribution in [2.45, 2.75) is 4.90 Å². The molecule has 0 aliphatic carbocycles. The maximum absolute atomic E-state index is 11.2. The third-order valence-electron chi connectivity index (χ3n) is 2.24. The molecule has 1 aromatic carbocycles. The smallest absolute Gasteiger partial charge is 0.224 e. The van der Waals surface area contributed by atoms with E-state index in [1.165, 1.54) is 6.20 Å². The fourth-order valence-electron chi connectivity index (χ4n) is 1.34. The molecule has 0 aliphatic rings. The molecule has 1 heterocycles. The van der Waals surface area contributed by atoms with Crippen LogP contribution in [0, 0.1) is 0 Å². The molecule has 0 radical (unpaired) electrons. The molecule has 1 aromatic heterocycles. The summed E-state index contributed by atoms with van der Waals surface area (Å²) in [7, 11) is -0.991. The maximum Gasteiger partial charge on any atom is 0.224 e. The van der Waals surface area contributed by atoms with Gasteiger partial charge < -0.3 is 11.1 Å². The van der Waals surface area contributed by atoms with Crippen LogP contribution in [0.25, 0.3) is 0 Å². The van der Waals surface area contributed by atoms with Gasteiger partial charge in [-0.05, 0) is 35.9 Å². The Labute approximate surface area is 112 Å². The summed E-state index contributed by atoms with van der Waals surface area (Å²) in [4.78, 5) is 8.51. The Hall–Kier alpha value is -1.66. The van der Waals surface area contributed by atoms with E-state index < -0.39 is 10.8 Å². The highest BCUT2D eigenvalue weighted by atomic mass is 35.5. The lowest BCUT2D eigenvalue weighted by Crippen LogP contribution is -2.00. The lowest BCUT2D eigenvalue weighted by atomic mass is 10.3. The molecule has 0 amide bonds. The summed E-state index contributed by atoms with van der Waals surface area (Å²) in [5.74, 6) is 0.445. The van der Waals surface area contributed by atoms with Gasteiger partial charge in [0.1, 0.15) is 0 Å². The minimum atomic E-state index is -0.991. The van der Waals surface area contributed by atoms with E-state index >= 15 is 0 Å². The van der Waals surface area contributed by atoms with E-state index in [4.69, 9.17) is 17.3 Å².